The van der Waals surface area contributed by atoms with Gasteiger partial charge < -0.3 is 9.32 Å². The summed E-state index contributed by atoms with van der Waals surface area (Å²) in [5.74, 6) is 0.817. The lowest BCUT2D eigenvalue weighted by atomic mass is 10.0. The molecule has 1 aromatic carbocycles. The molecule has 0 aliphatic carbocycles. The number of carbonyl (C=O) groups excluding carboxylic acids is 1. The standard InChI is InChI=1S/C17H20N2O4S/c1-2-19-16-7-6-15(12-13(16)5-8-17(19)20)24(21,22)18-10-9-14-4-3-11-23-14/h3-4,6-7,11-12,18H,2,5,8-10H2,1H3. The Bertz CT molecular complexity index is 828. The van der Waals surface area contributed by atoms with Crippen LogP contribution < -0.4 is 9.62 Å². The average molecular weight is 348 g/mol. The zero-order valence-corrected chi connectivity index (χ0v) is 14.3. The first-order valence-electron chi connectivity index (χ1n) is 7.96. The normalized spacial score (nSPS) is 14.7. The number of nitrogens with zero attached hydrogens (tertiary/aromatic N) is 1. The molecular weight excluding hydrogens is 328 g/mol. The van der Waals surface area contributed by atoms with E-state index < -0.39 is 10.0 Å². The fraction of sp³-hybridized carbons (Fsp3) is 0.353. The van der Waals surface area contributed by atoms with Crippen LogP contribution in [-0.4, -0.2) is 27.4 Å². The Morgan fingerprint density at radius 1 is 1.25 bits per heavy atom. The molecular formula is C17H20N2O4S. The molecule has 0 spiro atoms. The summed E-state index contributed by atoms with van der Waals surface area (Å²) in [4.78, 5) is 13.8. The summed E-state index contributed by atoms with van der Waals surface area (Å²) < 4.78 is 32.7. The third-order valence-electron chi connectivity index (χ3n) is 4.12. The molecule has 7 heteroatoms. The molecule has 0 bridgehead atoms. The van der Waals surface area contributed by atoms with Crippen molar-refractivity contribution < 1.29 is 17.6 Å². The Balaban J connectivity index is 1.75. The fourth-order valence-corrected chi connectivity index (χ4v) is 3.98. The molecule has 1 N–H and O–H groups in total. The average Bonchev–Trinajstić information content (AvgIpc) is 3.07. The van der Waals surface area contributed by atoms with Crippen molar-refractivity contribution in [3.8, 4) is 0 Å². The van der Waals surface area contributed by atoms with Crippen molar-refractivity contribution in [3.05, 3.63) is 47.9 Å². The van der Waals surface area contributed by atoms with E-state index in [0.29, 0.717) is 25.8 Å². The Morgan fingerprint density at radius 2 is 2.08 bits per heavy atom. The second kappa shape index (κ2) is 6.78. The van der Waals surface area contributed by atoms with E-state index in [1.54, 1.807) is 35.4 Å². The lowest BCUT2D eigenvalue weighted by molar-refractivity contribution is -0.118. The van der Waals surface area contributed by atoms with Gasteiger partial charge in [-0.25, -0.2) is 13.1 Å². The van der Waals surface area contributed by atoms with Crippen molar-refractivity contribution in [3.63, 3.8) is 0 Å². The van der Waals surface area contributed by atoms with E-state index in [9.17, 15) is 13.2 Å². The maximum Gasteiger partial charge on any atom is 0.240 e. The number of furan rings is 1. The quantitative estimate of drug-likeness (QED) is 0.867. The minimum absolute atomic E-state index is 0.0807. The summed E-state index contributed by atoms with van der Waals surface area (Å²) in [6, 6.07) is 8.52. The van der Waals surface area contributed by atoms with Gasteiger partial charge in [0.2, 0.25) is 15.9 Å². The van der Waals surface area contributed by atoms with Crippen LogP contribution in [0.5, 0.6) is 0 Å². The molecule has 1 aliphatic heterocycles. The summed E-state index contributed by atoms with van der Waals surface area (Å²) >= 11 is 0. The van der Waals surface area contributed by atoms with E-state index in [1.165, 1.54) is 0 Å². The summed E-state index contributed by atoms with van der Waals surface area (Å²) in [5.41, 5.74) is 1.70. The molecule has 2 aromatic rings. The molecule has 0 saturated carbocycles. The van der Waals surface area contributed by atoms with E-state index >= 15 is 0 Å². The van der Waals surface area contributed by atoms with Crippen LogP contribution in [0.1, 0.15) is 24.7 Å². The lowest BCUT2D eigenvalue weighted by Crippen LogP contribution is -2.35. The highest BCUT2D eigenvalue weighted by Crippen LogP contribution is 2.29. The molecule has 6 nitrogen and oxygen atoms in total. The number of carbonyl (C=O) groups is 1. The number of sulfonamides is 1. The Morgan fingerprint density at radius 3 is 2.79 bits per heavy atom. The fourth-order valence-electron chi connectivity index (χ4n) is 2.90. The van der Waals surface area contributed by atoms with Crippen LogP contribution >= 0.6 is 0 Å². The minimum Gasteiger partial charge on any atom is -0.469 e. The highest BCUT2D eigenvalue weighted by Gasteiger charge is 2.24. The highest BCUT2D eigenvalue weighted by atomic mass is 32.2. The number of hydrogen-bond acceptors (Lipinski definition) is 4. The smallest absolute Gasteiger partial charge is 0.240 e. The van der Waals surface area contributed by atoms with Gasteiger partial charge in [-0.1, -0.05) is 0 Å². The number of nitrogens with one attached hydrogen (secondary N) is 1. The van der Waals surface area contributed by atoms with E-state index in [0.717, 1.165) is 17.0 Å². The van der Waals surface area contributed by atoms with Crippen LogP contribution in [-0.2, 0) is 27.7 Å². The molecule has 0 fully saturated rings. The molecule has 24 heavy (non-hydrogen) atoms. The van der Waals surface area contributed by atoms with Gasteiger partial charge >= 0.3 is 0 Å². The molecule has 0 atom stereocenters. The van der Waals surface area contributed by atoms with Crippen molar-refractivity contribution >= 4 is 21.6 Å². The number of aryl methyl sites for hydroxylation is 1. The predicted octanol–water partition coefficient (Wildman–Crippen LogP) is 2.10. The van der Waals surface area contributed by atoms with Crippen molar-refractivity contribution in [2.45, 2.75) is 31.1 Å². The number of rotatable bonds is 6. The summed E-state index contributed by atoms with van der Waals surface area (Å²) in [6.45, 7) is 2.76. The lowest BCUT2D eigenvalue weighted by Gasteiger charge is -2.28. The Labute approximate surface area is 141 Å². The van der Waals surface area contributed by atoms with Crippen LogP contribution in [0.3, 0.4) is 0 Å². The monoisotopic (exact) mass is 348 g/mol. The zero-order valence-electron chi connectivity index (χ0n) is 13.5. The van der Waals surface area contributed by atoms with Crippen LogP contribution in [0.25, 0.3) is 0 Å². The number of fused-ring (bicyclic) bond motifs is 1. The SMILES string of the molecule is CCN1C(=O)CCc2cc(S(=O)(=O)NCCc3ccco3)ccc21. The molecule has 0 radical (unpaired) electrons. The topological polar surface area (TPSA) is 79.6 Å². The molecule has 128 valence electrons. The van der Waals surface area contributed by atoms with Gasteiger partial charge in [-0.2, -0.15) is 0 Å². The summed E-state index contributed by atoms with van der Waals surface area (Å²) in [7, 11) is -3.58. The molecule has 0 unspecified atom stereocenters. The molecule has 0 saturated heterocycles. The van der Waals surface area contributed by atoms with Gasteiger partial charge in [0.25, 0.3) is 0 Å². The third kappa shape index (κ3) is 3.37. The molecule has 1 amide bonds. The van der Waals surface area contributed by atoms with Crippen molar-refractivity contribution in [2.75, 3.05) is 18.0 Å². The van der Waals surface area contributed by atoms with Gasteiger partial charge in [-0.3, -0.25) is 4.79 Å². The maximum absolute atomic E-state index is 12.4. The largest absolute Gasteiger partial charge is 0.469 e. The first-order valence-corrected chi connectivity index (χ1v) is 9.45. The van der Waals surface area contributed by atoms with Gasteiger partial charge in [0.15, 0.2) is 0 Å². The second-order valence-electron chi connectivity index (χ2n) is 5.66. The van der Waals surface area contributed by atoms with E-state index in [4.69, 9.17) is 4.42 Å². The number of anilines is 1. The van der Waals surface area contributed by atoms with Gasteiger partial charge in [0, 0.05) is 31.6 Å². The molecule has 1 aliphatic rings. The first-order chi connectivity index (χ1) is 11.5. The van der Waals surface area contributed by atoms with Crippen molar-refractivity contribution in [1.82, 2.24) is 4.72 Å². The summed E-state index contributed by atoms with van der Waals surface area (Å²) in [6.07, 6.45) is 3.04. The van der Waals surface area contributed by atoms with Gasteiger partial charge in [0.05, 0.1) is 11.2 Å². The van der Waals surface area contributed by atoms with Crippen molar-refractivity contribution in [2.24, 2.45) is 0 Å². The van der Waals surface area contributed by atoms with E-state index in [2.05, 4.69) is 4.72 Å². The highest BCUT2D eigenvalue weighted by molar-refractivity contribution is 7.89. The van der Waals surface area contributed by atoms with Crippen LogP contribution in [0.2, 0.25) is 0 Å². The van der Waals surface area contributed by atoms with Crippen LogP contribution in [0.15, 0.2) is 45.9 Å². The molecule has 3 rings (SSSR count). The van der Waals surface area contributed by atoms with Gasteiger partial charge in [-0.05, 0) is 49.2 Å². The Hall–Kier alpha value is -2.12. The molecule has 2 heterocycles. The van der Waals surface area contributed by atoms with E-state index in [-0.39, 0.29) is 17.3 Å². The predicted molar refractivity (Wildman–Crippen MR) is 90.4 cm³/mol. The number of hydrogen-bond donors (Lipinski definition) is 1. The number of benzene rings is 1. The minimum atomic E-state index is -3.58. The zero-order chi connectivity index (χ0) is 17.2. The second-order valence-corrected chi connectivity index (χ2v) is 7.42. The number of amides is 1. The van der Waals surface area contributed by atoms with Gasteiger partial charge in [-0.15, -0.1) is 0 Å². The van der Waals surface area contributed by atoms with Crippen LogP contribution in [0, 0.1) is 0 Å². The summed E-state index contributed by atoms with van der Waals surface area (Å²) in [5, 5.41) is 0. The van der Waals surface area contributed by atoms with Gasteiger partial charge in [0.1, 0.15) is 5.76 Å². The van der Waals surface area contributed by atoms with Crippen LogP contribution in [0.4, 0.5) is 5.69 Å². The van der Waals surface area contributed by atoms with Crippen molar-refractivity contribution in [1.29, 1.82) is 0 Å². The van der Waals surface area contributed by atoms with E-state index in [1.807, 2.05) is 13.0 Å². The Kier molecular flexibility index (Phi) is 4.73. The maximum atomic E-state index is 12.4. The first kappa shape index (κ1) is 16.7. The molecule has 1 aromatic heterocycles. The third-order valence-corrected chi connectivity index (χ3v) is 5.58.